The molecule has 0 fully saturated rings. The van der Waals surface area contributed by atoms with Gasteiger partial charge in [0.25, 0.3) is 17.7 Å². The molecule has 0 unspecified atom stereocenters. The van der Waals surface area contributed by atoms with Gasteiger partial charge in [-0.25, -0.2) is 0 Å². The Morgan fingerprint density at radius 3 is 2.00 bits per heavy atom. The first-order valence-electron chi connectivity index (χ1n) is 8.78. The van der Waals surface area contributed by atoms with Crippen molar-refractivity contribution in [2.75, 3.05) is 13.1 Å². The van der Waals surface area contributed by atoms with Crippen LogP contribution in [0.25, 0.3) is 10.8 Å². The fourth-order valence-corrected chi connectivity index (χ4v) is 3.27. The highest BCUT2D eigenvalue weighted by molar-refractivity contribution is 6.23. The quantitative estimate of drug-likeness (QED) is 0.729. The number of carbonyl (C=O) groups excluding carboxylic acids is 3. The third-order valence-corrected chi connectivity index (χ3v) is 4.77. The van der Waals surface area contributed by atoms with Crippen molar-refractivity contribution in [3.8, 4) is 0 Å². The van der Waals surface area contributed by atoms with Crippen molar-refractivity contribution in [2.24, 2.45) is 0 Å². The number of imide groups is 1. The zero-order valence-electron chi connectivity index (χ0n) is 14.9. The van der Waals surface area contributed by atoms with Crippen LogP contribution in [-0.2, 0) is 0 Å². The summed E-state index contributed by atoms with van der Waals surface area (Å²) in [4.78, 5) is 38.6. The minimum Gasteiger partial charge on any atom is -0.350 e. The van der Waals surface area contributed by atoms with E-state index in [0.717, 1.165) is 16.3 Å². The molecule has 1 heterocycles. The Balaban J connectivity index is 1.46. The molecule has 0 atom stereocenters. The lowest BCUT2D eigenvalue weighted by Gasteiger charge is -2.14. The van der Waals surface area contributed by atoms with Crippen LogP contribution in [0.5, 0.6) is 0 Å². The predicted molar refractivity (Wildman–Crippen MR) is 103 cm³/mol. The second-order valence-corrected chi connectivity index (χ2v) is 6.63. The molecule has 27 heavy (non-hydrogen) atoms. The molecule has 3 aromatic carbocycles. The number of hydrogen-bond donors (Lipinski definition) is 1. The van der Waals surface area contributed by atoms with Crippen LogP contribution < -0.4 is 5.32 Å². The van der Waals surface area contributed by atoms with Crippen LogP contribution in [-0.4, -0.2) is 35.7 Å². The summed E-state index contributed by atoms with van der Waals surface area (Å²) < 4.78 is 0. The summed E-state index contributed by atoms with van der Waals surface area (Å²) in [6, 6.07) is 18.4. The molecule has 134 valence electrons. The van der Waals surface area contributed by atoms with Crippen molar-refractivity contribution in [1.82, 2.24) is 10.2 Å². The van der Waals surface area contributed by atoms with Gasteiger partial charge in [0.1, 0.15) is 0 Å². The minimum absolute atomic E-state index is 0.139. The first-order chi connectivity index (χ1) is 13.0. The summed E-state index contributed by atoms with van der Waals surface area (Å²) in [5.41, 5.74) is 2.46. The number of rotatable bonds is 4. The van der Waals surface area contributed by atoms with E-state index in [9.17, 15) is 14.4 Å². The molecule has 0 aliphatic carbocycles. The number of carbonyl (C=O) groups is 3. The van der Waals surface area contributed by atoms with E-state index < -0.39 is 0 Å². The third-order valence-electron chi connectivity index (χ3n) is 4.77. The number of amides is 3. The van der Waals surface area contributed by atoms with Gasteiger partial charge in [-0.2, -0.15) is 0 Å². The van der Waals surface area contributed by atoms with E-state index in [4.69, 9.17) is 0 Å². The molecule has 0 saturated carbocycles. The predicted octanol–water partition coefficient (Wildman–Crippen LogP) is 3.17. The standard InChI is InChI=1S/C22H18N2O3/c1-14-6-8-15(9-7-14)20(25)23-10-11-24-21(26)18-12-16-4-2-3-5-17(16)13-19(18)22(24)27/h2-9,12-13H,10-11H2,1H3,(H,23,25). The molecular formula is C22H18N2O3. The smallest absolute Gasteiger partial charge is 0.261 e. The molecule has 3 aromatic rings. The maximum absolute atomic E-state index is 12.6. The van der Waals surface area contributed by atoms with Crippen molar-refractivity contribution >= 4 is 28.5 Å². The third kappa shape index (κ3) is 3.08. The zero-order chi connectivity index (χ0) is 19.0. The number of nitrogens with one attached hydrogen (secondary N) is 1. The molecule has 0 radical (unpaired) electrons. The van der Waals surface area contributed by atoms with Crippen molar-refractivity contribution in [3.63, 3.8) is 0 Å². The Bertz CT molecular complexity index is 1020. The molecule has 1 aliphatic heterocycles. The number of benzene rings is 3. The van der Waals surface area contributed by atoms with Crippen molar-refractivity contribution in [1.29, 1.82) is 0 Å². The lowest BCUT2D eigenvalue weighted by molar-refractivity contribution is 0.0650. The van der Waals surface area contributed by atoms with Crippen molar-refractivity contribution in [3.05, 3.63) is 82.9 Å². The van der Waals surface area contributed by atoms with Crippen LogP contribution >= 0.6 is 0 Å². The highest BCUT2D eigenvalue weighted by Gasteiger charge is 2.35. The lowest BCUT2D eigenvalue weighted by Crippen LogP contribution is -2.38. The molecule has 1 aliphatic rings. The summed E-state index contributed by atoms with van der Waals surface area (Å²) >= 11 is 0. The van der Waals surface area contributed by atoms with E-state index in [2.05, 4.69) is 5.32 Å². The van der Waals surface area contributed by atoms with Crippen molar-refractivity contribution in [2.45, 2.75) is 6.92 Å². The summed E-state index contributed by atoms with van der Waals surface area (Å²) in [7, 11) is 0. The lowest BCUT2D eigenvalue weighted by atomic mass is 10.0. The number of aryl methyl sites for hydroxylation is 1. The molecule has 4 rings (SSSR count). The second kappa shape index (κ2) is 6.68. The molecule has 5 nitrogen and oxygen atoms in total. The second-order valence-electron chi connectivity index (χ2n) is 6.63. The highest BCUT2D eigenvalue weighted by Crippen LogP contribution is 2.27. The topological polar surface area (TPSA) is 66.5 Å². The van der Waals surface area contributed by atoms with Gasteiger partial charge in [0.2, 0.25) is 0 Å². The number of hydrogen-bond acceptors (Lipinski definition) is 3. The van der Waals surface area contributed by atoms with Crippen LogP contribution in [0.2, 0.25) is 0 Å². The first-order valence-corrected chi connectivity index (χ1v) is 8.78. The Morgan fingerprint density at radius 1 is 0.889 bits per heavy atom. The highest BCUT2D eigenvalue weighted by atomic mass is 16.2. The van der Waals surface area contributed by atoms with Gasteiger partial charge in [0.05, 0.1) is 11.1 Å². The van der Waals surface area contributed by atoms with Gasteiger partial charge in [-0.1, -0.05) is 42.0 Å². The average molecular weight is 358 g/mol. The fourth-order valence-electron chi connectivity index (χ4n) is 3.27. The van der Waals surface area contributed by atoms with E-state index in [1.165, 1.54) is 4.90 Å². The van der Waals surface area contributed by atoms with E-state index in [-0.39, 0.29) is 30.8 Å². The van der Waals surface area contributed by atoms with Gasteiger partial charge in [-0.15, -0.1) is 0 Å². The molecule has 0 spiro atoms. The monoisotopic (exact) mass is 358 g/mol. The van der Waals surface area contributed by atoms with Gasteiger partial charge in [0.15, 0.2) is 0 Å². The van der Waals surface area contributed by atoms with Crippen LogP contribution in [0, 0.1) is 6.92 Å². The van der Waals surface area contributed by atoms with Crippen LogP contribution in [0.4, 0.5) is 0 Å². The molecule has 0 saturated heterocycles. The van der Waals surface area contributed by atoms with Crippen LogP contribution in [0.1, 0.15) is 36.6 Å². The van der Waals surface area contributed by atoms with Gasteiger partial charge in [0, 0.05) is 18.7 Å². The Hall–Kier alpha value is -3.47. The van der Waals surface area contributed by atoms with Gasteiger partial charge in [-0.3, -0.25) is 19.3 Å². The Labute approximate surface area is 156 Å². The summed E-state index contributed by atoms with van der Waals surface area (Å²) in [5.74, 6) is -0.854. The molecule has 1 N–H and O–H groups in total. The molecular weight excluding hydrogens is 340 g/mol. The van der Waals surface area contributed by atoms with E-state index in [1.54, 1.807) is 24.3 Å². The summed E-state index contributed by atoms with van der Waals surface area (Å²) in [6.07, 6.45) is 0. The normalized spacial score (nSPS) is 13.1. The summed E-state index contributed by atoms with van der Waals surface area (Å²) in [6.45, 7) is 2.30. The molecule has 0 bridgehead atoms. The van der Waals surface area contributed by atoms with Crippen LogP contribution in [0.15, 0.2) is 60.7 Å². The van der Waals surface area contributed by atoms with E-state index in [1.807, 2.05) is 43.3 Å². The van der Waals surface area contributed by atoms with Gasteiger partial charge >= 0.3 is 0 Å². The van der Waals surface area contributed by atoms with Gasteiger partial charge in [-0.05, 0) is 42.0 Å². The van der Waals surface area contributed by atoms with E-state index >= 15 is 0 Å². The van der Waals surface area contributed by atoms with Gasteiger partial charge < -0.3 is 5.32 Å². The first kappa shape index (κ1) is 17.0. The Morgan fingerprint density at radius 2 is 1.44 bits per heavy atom. The fraction of sp³-hybridized carbons (Fsp3) is 0.136. The number of nitrogens with zero attached hydrogens (tertiary/aromatic N) is 1. The molecule has 0 aromatic heterocycles. The SMILES string of the molecule is Cc1ccc(C(=O)NCCN2C(=O)c3cc4ccccc4cc3C2=O)cc1. The largest absolute Gasteiger partial charge is 0.350 e. The zero-order valence-corrected chi connectivity index (χ0v) is 14.9. The summed E-state index contributed by atoms with van der Waals surface area (Å²) in [5, 5.41) is 4.61. The average Bonchev–Trinajstić information content (AvgIpc) is 2.91. The number of fused-ring (bicyclic) bond motifs is 2. The Kier molecular flexibility index (Phi) is 4.20. The van der Waals surface area contributed by atoms with Crippen LogP contribution in [0.3, 0.4) is 0 Å². The maximum Gasteiger partial charge on any atom is 0.261 e. The minimum atomic E-state index is -0.315. The van der Waals surface area contributed by atoms with E-state index in [0.29, 0.717) is 16.7 Å². The maximum atomic E-state index is 12.6. The molecule has 5 heteroatoms. The molecule has 3 amide bonds. The van der Waals surface area contributed by atoms with Crippen molar-refractivity contribution < 1.29 is 14.4 Å².